The third-order valence-electron chi connectivity index (χ3n) is 6.06. The fourth-order valence-electron chi connectivity index (χ4n) is 4.19. The smallest absolute Gasteiger partial charge is 0.262 e. The number of amides is 1. The van der Waals surface area contributed by atoms with Crippen molar-refractivity contribution >= 4 is 29.0 Å². The molecule has 2 aromatic carbocycles. The molecule has 0 spiro atoms. The highest BCUT2D eigenvalue weighted by atomic mass is 32.1. The molecule has 0 atom stereocenters. The summed E-state index contributed by atoms with van der Waals surface area (Å²) in [5, 5.41) is 3.43. The quantitative estimate of drug-likeness (QED) is 0.394. The number of carbonyl (C=O) groups is 1. The Morgan fingerprint density at radius 1 is 1.09 bits per heavy atom. The van der Waals surface area contributed by atoms with Crippen molar-refractivity contribution in [3.8, 4) is 11.5 Å². The first kappa shape index (κ1) is 22.6. The Labute approximate surface area is 201 Å². The predicted molar refractivity (Wildman–Crippen MR) is 129 cm³/mol. The summed E-state index contributed by atoms with van der Waals surface area (Å²) in [6, 6.07) is 10.6. The number of morpholine rings is 1. The first-order chi connectivity index (χ1) is 16.6. The van der Waals surface area contributed by atoms with Gasteiger partial charge in [0.25, 0.3) is 11.5 Å². The first-order valence-electron chi connectivity index (χ1n) is 11.3. The third kappa shape index (κ3) is 4.84. The molecule has 3 aromatic rings. The number of rotatable bonds is 7. The molecular formula is C24H26N4O5S. The van der Waals surface area contributed by atoms with Crippen LogP contribution in [0.5, 0.6) is 11.5 Å². The van der Waals surface area contributed by atoms with Gasteiger partial charge < -0.3 is 24.5 Å². The second kappa shape index (κ2) is 9.96. The molecule has 9 nitrogen and oxygen atoms in total. The van der Waals surface area contributed by atoms with Crippen molar-refractivity contribution in [3.63, 3.8) is 0 Å². The van der Waals surface area contributed by atoms with Crippen molar-refractivity contribution in [3.05, 3.63) is 62.6 Å². The molecule has 34 heavy (non-hydrogen) atoms. The second-order valence-corrected chi connectivity index (χ2v) is 8.72. The van der Waals surface area contributed by atoms with Crippen molar-refractivity contribution in [2.24, 2.45) is 0 Å². The van der Waals surface area contributed by atoms with Crippen LogP contribution < -0.4 is 20.3 Å². The zero-order valence-corrected chi connectivity index (χ0v) is 19.5. The van der Waals surface area contributed by atoms with Crippen LogP contribution >= 0.6 is 12.2 Å². The number of fused-ring (bicyclic) bond motifs is 2. The van der Waals surface area contributed by atoms with Crippen LogP contribution in [0.2, 0.25) is 0 Å². The third-order valence-corrected chi connectivity index (χ3v) is 6.38. The van der Waals surface area contributed by atoms with E-state index < -0.39 is 0 Å². The van der Waals surface area contributed by atoms with Gasteiger partial charge in [0.05, 0.1) is 30.7 Å². The minimum atomic E-state index is -0.214. The van der Waals surface area contributed by atoms with E-state index in [1.807, 2.05) is 18.2 Å². The van der Waals surface area contributed by atoms with E-state index in [2.05, 4.69) is 15.2 Å². The number of carbonyl (C=O) groups excluding carboxylic acids is 1. The maximum absolute atomic E-state index is 13.1. The fraction of sp³-hybridized carbons (Fsp3) is 0.375. The molecule has 1 amide bonds. The molecular weight excluding hydrogens is 456 g/mol. The average Bonchev–Trinajstić information content (AvgIpc) is 3.32. The van der Waals surface area contributed by atoms with Crippen molar-refractivity contribution in [2.75, 3.05) is 46.2 Å². The summed E-state index contributed by atoms with van der Waals surface area (Å²) in [6.45, 7) is 5.41. The standard InChI is InChI=1S/C24H26N4O5S/c29-22(25-6-1-7-27-8-10-31-11-9-27)17-3-4-18-19(13-17)26-24(34)28(23(18)30)14-16-2-5-20-21(12-16)33-15-32-20/h2-5,12-13H,1,6-11,14-15H2,(H,25,29)(H,26,34). The SMILES string of the molecule is O=C(NCCCN1CCOCC1)c1ccc2c(=O)n(Cc3ccc4c(c3)OCO4)c(=S)[nH]c2c1. The molecule has 5 rings (SSSR count). The lowest BCUT2D eigenvalue weighted by atomic mass is 10.1. The number of ether oxygens (including phenoxy) is 3. The minimum absolute atomic E-state index is 0.173. The molecule has 1 fully saturated rings. The Hall–Kier alpha value is -3.21. The largest absolute Gasteiger partial charge is 0.454 e. The molecule has 10 heteroatoms. The van der Waals surface area contributed by atoms with Crippen LogP contribution in [0, 0.1) is 4.77 Å². The summed E-state index contributed by atoms with van der Waals surface area (Å²) in [7, 11) is 0. The van der Waals surface area contributed by atoms with Gasteiger partial charge in [0.1, 0.15) is 0 Å². The van der Waals surface area contributed by atoms with Crippen molar-refractivity contribution in [2.45, 2.75) is 13.0 Å². The number of nitrogens with one attached hydrogen (secondary N) is 2. The summed E-state index contributed by atoms with van der Waals surface area (Å²) in [4.78, 5) is 31.2. The monoisotopic (exact) mass is 482 g/mol. The normalized spacial score (nSPS) is 15.5. The van der Waals surface area contributed by atoms with E-state index in [1.54, 1.807) is 18.2 Å². The van der Waals surface area contributed by atoms with Gasteiger partial charge in [-0.1, -0.05) is 6.07 Å². The van der Waals surface area contributed by atoms with Crippen molar-refractivity contribution < 1.29 is 19.0 Å². The highest BCUT2D eigenvalue weighted by Gasteiger charge is 2.15. The van der Waals surface area contributed by atoms with Gasteiger partial charge >= 0.3 is 0 Å². The summed E-state index contributed by atoms with van der Waals surface area (Å²) in [5.74, 6) is 1.17. The van der Waals surface area contributed by atoms with Gasteiger partial charge in [-0.15, -0.1) is 0 Å². The molecule has 3 heterocycles. The predicted octanol–water partition coefficient (Wildman–Crippen LogP) is 2.29. The van der Waals surface area contributed by atoms with E-state index in [-0.39, 0.29) is 18.3 Å². The van der Waals surface area contributed by atoms with Crippen LogP contribution in [0.1, 0.15) is 22.3 Å². The number of aromatic amines is 1. The lowest BCUT2D eigenvalue weighted by Gasteiger charge is -2.26. The molecule has 1 aromatic heterocycles. The Morgan fingerprint density at radius 2 is 1.91 bits per heavy atom. The maximum atomic E-state index is 13.1. The molecule has 2 N–H and O–H groups in total. The van der Waals surface area contributed by atoms with Crippen LogP contribution in [0.25, 0.3) is 10.9 Å². The summed E-state index contributed by atoms with van der Waals surface area (Å²) in [5.41, 5.74) is 1.68. The van der Waals surface area contributed by atoms with Gasteiger partial charge in [-0.05, 0) is 61.1 Å². The lowest BCUT2D eigenvalue weighted by molar-refractivity contribution is 0.0374. The van der Waals surface area contributed by atoms with Gasteiger partial charge in [-0.3, -0.25) is 19.1 Å². The number of nitrogens with zero attached hydrogens (tertiary/aromatic N) is 2. The molecule has 2 aliphatic rings. The summed E-state index contributed by atoms with van der Waals surface area (Å²) >= 11 is 5.46. The molecule has 0 aliphatic carbocycles. The van der Waals surface area contributed by atoms with Crippen LogP contribution in [0.15, 0.2) is 41.2 Å². The van der Waals surface area contributed by atoms with E-state index in [0.29, 0.717) is 45.8 Å². The van der Waals surface area contributed by atoms with Gasteiger partial charge in [0.15, 0.2) is 16.3 Å². The average molecular weight is 483 g/mol. The second-order valence-electron chi connectivity index (χ2n) is 8.33. The number of benzene rings is 2. The molecule has 0 saturated carbocycles. The van der Waals surface area contributed by atoms with E-state index >= 15 is 0 Å². The minimum Gasteiger partial charge on any atom is -0.454 e. The van der Waals surface area contributed by atoms with E-state index in [0.717, 1.165) is 44.8 Å². The van der Waals surface area contributed by atoms with Gasteiger partial charge in [-0.25, -0.2) is 0 Å². The molecule has 1 saturated heterocycles. The fourth-order valence-corrected chi connectivity index (χ4v) is 4.45. The van der Waals surface area contributed by atoms with Crippen LogP contribution in [-0.4, -0.2) is 66.5 Å². The highest BCUT2D eigenvalue weighted by Crippen LogP contribution is 2.32. The van der Waals surface area contributed by atoms with E-state index in [4.69, 9.17) is 26.4 Å². The Kier molecular flexibility index (Phi) is 6.61. The zero-order chi connectivity index (χ0) is 23.5. The van der Waals surface area contributed by atoms with Crippen molar-refractivity contribution in [1.82, 2.24) is 19.8 Å². The topological polar surface area (TPSA) is 97.8 Å². The lowest BCUT2D eigenvalue weighted by Crippen LogP contribution is -2.38. The molecule has 178 valence electrons. The van der Waals surface area contributed by atoms with Crippen LogP contribution in [-0.2, 0) is 11.3 Å². The van der Waals surface area contributed by atoms with Crippen molar-refractivity contribution in [1.29, 1.82) is 0 Å². The molecule has 0 radical (unpaired) electrons. The molecule has 0 bridgehead atoms. The summed E-state index contributed by atoms with van der Waals surface area (Å²) < 4.78 is 17.9. The zero-order valence-electron chi connectivity index (χ0n) is 18.7. The molecule has 0 unspecified atom stereocenters. The Bertz CT molecular complexity index is 1330. The number of hydrogen-bond donors (Lipinski definition) is 2. The summed E-state index contributed by atoms with van der Waals surface area (Å²) in [6.07, 6.45) is 0.867. The Morgan fingerprint density at radius 3 is 2.76 bits per heavy atom. The number of aromatic nitrogens is 2. The highest BCUT2D eigenvalue weighted by molar-refractivity contribution is 7.71. The molecule has 2 aliphatic heterocycles. The maximum Gasteiger partial charge on any atom is 0.262 e. The van der Waals surface area contributed by atoms with Gasteiger partial charge in [0, 0.05) is 25.2 Å². The number of hydrogen-bond acceptors (Lipinski definition) is 7. The van der Waals surface area contributed by atoms with E-state index in [1.165, 1.54) is 4.57 Å². The van der Waals surface area contributed by atoms with E-state index in [9.17, 15) is 9.59 Å². The van der Waals surface area contributed by atoms with Crippen LogP contribution in [0.3, 0.4) is 0 Å². The number of H-pyrrole nitrogens is 1. The Balaban J connectivity index is 1.27. The van der Waals surface area contributed by atoms with Gasteiger partial charge in [0.2, 0.25) is 6.79 Å². The van der Waals surface area contributed by atoms with Gasteiger partial charge in [-0.2, -0.15) is 0 Å². The first-order valence-corrected chi connectivity index (χ1v) is 11.7. The van der Waals surface area contributed by atoms with Crippen LogP contribution in [0.4, 0.5) is 0 Å².